The van der Waals surface area contributed by atoms with Crippen LogP contribution >= 0.6 is 0 Å². The zero-order valence-electron chi connectivity index (χ0n) is 16.3. The first kappa shape index (κ1) is 18.3. The summed E-state index contributed by atoms with van der Waals surface area (Å²) < 4.78 is 3.99. The van der Waals surface area contributed by atoms with Crippen molar-refractivity contribution in [3.8, 4) is 0 Å². The van der Waals surface area contributed by atoms with Gasteiger partial charge >= 0.3 is 0 Å². The van der Waals surface area contributed by atoms with Gasteiger partial charge in [0, 0.05) is 32.0 Å². The molecule has 1 unspecified atom stereocenters. The molecule has 0 saturated carbocycles. The largest absolute Gasteiger partial charge is 0.357 e. The lowest BCUT2D eigenvalue weighted by atomic mass is 10.1. The summed E-state index contributed by atoms with van der Waals surface area (Å²) in [6.07, 6.45) is 1.95. The molecule has 0 radical (unpaired) electrons. The second kappa shape index (κ2) is 7.84. The number of aromatic nitrogens is 6. The summed E-state index contributed by atoms with van der Waals surface area (Å²) in [6, 6.07) is 0.281. The van der Waals surface area contributed by atoms with Crippen molar-refractivity contribution in [2.45, 2.75) is 65.6 Å². The molecule has 0 fully saturated rings. The smallest absolute Gasteiger partial charge is 0.191 e. The van der Waals surface area contributed by atoms with E-state index in [4.69, 9.17) is 0 Å². The Balaban J connectivity index is 1.66. The molecule has 9 heteroatoms. The Morgan fingerprint density at radius 3 is 2.81 bits per heavy atom. The fourth-order valence-electron chi connectivity index (χ4n) is 2.94. The molecule has 0 bridgehead atoms. The minimum absolute atomic E-state index is 0.281. The number of nitrogens with one attached hydrogen (secondary N) is 2. The third-order valence-electron chi connectivity index (χ3n) is 4.64. The van der Waals surface area contributed by atoms with Crippen LogP contribution in [-0.4, -0.2) is 48.1 Å². The molecule has 26 heavy (non-hydrogen) atoms. The third kappa shape index (κ3) is 4.03. The Labute approximate surface area is 154 Å². The fourth-order valence-corrected chi connectivity index (χ4v) is 2.94. The Kier molecular flexibility index (Phi) is 5.53. The van der Waals surface area contributed by atoms with Crippen molar-refractivity contribution in [1.82, 2.24) is 40.2 Å². The zero-order chi connectivity index (χ0) is 18.7. The molecule has 0 aromatic carbocycles. The van der Waals surface area contributed by atoms with E-state index in [2.05, 4.69) is 56.7 Å². The lowest BCUT2D eigenvalue weighted by molar-refractivity contribution is 0.391. The number of aliphatic imine (C=N–C) groups is 1. The monoisotopic (exact) mass is 359 g/mol. The molecule has 9 nitrogen and oxygen atoms in total. The van der Waals surface area contributed by atoms with Gasteiger partial charge in [0.05, 0.1) is 6.54 Å². The number of rotatable bonds is 5. The number of hydrogen-bond donors (Lipinski definition) is 2. The van der Waals surface area contributed by atoms with E-state index in [1.54, 1.807) is 0 Å². The highest BCUT2D eigenvalue weighted by Crippen LogP contribution is 2.17. The van der Waals surface area contributed by atoms with Crippen LogP contribution in [0.25, 0.3) is 0 Å². The molecular weight excluding hydrogens is 330 g/mol. The van der Waals surface area contributed by atoms with Crippen LogP contribution in [0.3, 0.4) is 0 Å². The predicted octanol–water partition coefficient (Wildman–Crippen LogP) is 0.909. The van der Waals surface area contributed by atoms with Crippen molar-refractivity contribution < 1.29 is 0 Å². The first-order valence-corrected chi connectivity index (χ1v) is 9.31. The van der Waals surface area contributed by atoms with E-state index in [1.807, 2.05) is 23.2 Å². The zero-order valence-corrected chi connectivity index (χ0v) is 16.3. The van der Waals surface area contributed by atoms with Gasteiger partial charge in [-0.3, -0.25) is 0 Å². The summed E-state index contributed by atoms with van der Waals surface area (Å²) in [4.78, 5) is 9.32. The summed E-state index contributed by atoms with van der Waals surface area (Å²) >= 11 is 0. The molecule has 2 aromatic heterocycles. The first-order valence-electron chi connectivity index (χ1n) is 9.31. The van der Waals surface area contributed by atoms with E-state index >= 15 is 0 Å². The SMILES string of the molecule is CCNC(=NCc1nnc(C)n1C)NC1CCc2nc(C(C)C)nn2C1. The fraction of sp³-hybridized carbons (Fsp3) is 0.706. The van der Waals surface area contributed by atoms with Gasteiger partial charge in [-0.1, -0.05) is 13.8 Å². The van der Waals surface area contributed by atoms with Gasteiger partial charge < -0.3 is 15.2 Å². The molecule has 3 heterocycles. The standard InChI is InChI=1S/C17H29N9/c1-6-18-17(19-9-15-23-22-12(4)25(15)5)20-13-7-8-14-21-16(11(2)3)24-26(14)10-13/h11,13H,6-10H2,1-5H3,(H2,18,19,20). The van der Waals surface area contributed by atoms with Gasteiger partial charge in [0.2, 0.25) is 0 Å². The Hall–Kier alpha value is -2.45. The topological polar surface area (TPSA) is 97.8 Å². The van der Waals surface area contributed by atoms with E-state index in [0.29, 0.717) is 12.5 Å². The van der Waals surface area contributed by atoms with Crippen LogP contribution in [0.4, 0.5) is 0 Å². The number of hydrogen-bond acceptors (Lipinski definition) is 5. The molecule has 0 aliphatic carbocycles. The van der Waals surface area contributed by atoms with Crippen LogP contribution in [0.2, 0.25) is 0 Å². The van der Waals surface area contributed by atoms with Gasteiger partial charge in [0.1, 0.15) is 18.2 Å². The van der Waals surface area contributed by atoms with Crippen molar-refractivity contribution in [3.05, 3.63) is 23.3 Å². The van der Waals surface area contributed by atoms with Gasteiger partial charge in [0.25, 0.3) is 0 Å². The van der Waals surface area contributed by atoms with Crippen LogP contribution in [0.5, 0.6) is 0 Å². The Bertz CT molecular complexity index is 771. The van der Waals surface area contributed by atoms with E-state index in [9.17, 15) is 0 Å². The molecule has 0 spiro atoms. The second-order valence-electron chi connectivity index (χ2n) is 7.02. The average Bonchev–Trinajstić information content (AvgIpc) is 3.17. The normalized spacial score (nSPS) is 17.5. The van der Waals surface area contributed by atoms with Gasteiger partial charge in [-0.25, -0.2) is 14.7 Å². The maximum absolute atomic E-state index is 4.67. The van der Waals surface area contributed by atoms with Crippen LogP contribution < -0.4 is 10.6 Å². The molecule has 2 N–H and O–H groups in total. The molecular formula is C17H29N9. The highest BCUT2D eigenvalue weighted by molar-refractivity contribution is 5.80. The lowest BCUT2D eigenvalue weighted by Crippen LogP contribution is -2.47. The minimum atomic E-state index is 0.281. The third-order valence-corrected chi connectivity index (χ3v) is 4.64. The van der Waals surface area contributed by atoms with Crippen LogP contribution in [-0.2, 0) is 26.6 Å². The molecule has 1 atom stereocenters. The van der Waals surface area contributed by atoms with Crippen LogP contribution in [0.1, 0.15) is 56.4 Å². The number of aryl methyl sites for hydroxylation is 2. The lowest BCUT2D eigenvalue weighted by Gasteiger charge is -2.25. The summed E-state index contributed by atoms with van der Waals surface area (Å²) in [7, 11) is 1.96. The van der Waals surface area contributed by atoms with Crippen LogP contribution in [0.15, 0.2) is 4.99 Å². The number of fused-ring (bicyclic) bond motifs is 1. The van der Waals surface area contributed by atoms with Crippen molar-refractivity contribution in [2.75, 3.05) is 6.54 Å². The van der Waals surface area contributed by atoms with Crippen LogP contribution in [0, 0.1) is 6.92 Å². The van der Waals surface area contributed by atoms with Gasteiger partial charge in [0.15, 0.2) is 17.6 Å². The molecule has 142 valence electrons. The van der Waals surface area contributed by atoms with Gasteiger partial charge in [-0.2, -0.15) is 5.10 Å². The van der Waals surface area contributed by atoms with E-state index in [0.717, 1.165) is 55.2 Å². The molecule has 0 saturated heterocycles. The minimum Gasteiger partial charge on any atom is -0.357 e. The van der Waals surface area contributed by atoms with E-state index < -0.39 is 0 Å². The maximum atomic E-state index is 4.67. The first-order chi connectivity index (χ1) is 12.5. The predicted molar refractivity (Wildman–Crippen MR) is 99.9 cm³/mol. The number of nitrogens with zero attached hydrogens (tertiary/aromatic N) is 7. The highest BCUT2D eigenvalue weighted by atomic mass is 15.4. The van der Waals surface area contributed by atoms with Crippen molar-refractivity contribution >= 4 is 5.96 Å². The summed E-state index contributed by atoms with van der Waals surface area (Å²) in [6.45, 7) is 10.4. The molecule has 1 aliphatic heterocycles. The van der Waals surface area contributed by atoms with Crippen molar-refractivity contribution in [1.29, 1.82) is 0 Å². The average molecular weight is 359 g/mol. The summed E-state index contributed by atoms with van der Waals surface area (Å²) in [5.41, 5.74) is 0. The molecule has 1 aliphatic rings. The van der Waals surface area contributed by atoms with E-state index in [-0.39, 0.29) is 6.04 Å². The quantitative estimate of drug-likeness (QED) is 0.608. The summed E-state index contributed by atoms with van der Waals surface area (Å²) in [5.74, 6) is 4.91. The Morgan fingerprint density at radius 2 is 2.15 bits per heavy atom. The van der Waals surface area contributed by atoms with Crippen molar-refractivity contribution in [2.24, 2.45) is 12.0 Å². The highest BCUT2D eigenvalue weighted by Gasteiger charge is 2.23. The Morgan fingerprint density at radius 1 is 1.35 bits per heavy atom. The summed E-state index contributed by atoms with van der Waals surface area (Å²) in [5, 5.41) is 19.7. The molecule has 0 amide bonds. The van der Waals surface area contributed by atoms with Crippen molar-refractivity contribution in [3.63, 3.8) is 0 Å². The van der Waals surface area contributed by atoms with Gasteiger partial charge in [-0.15, -0.1) is 10.2 Å². The van der Waals surface area contributed by atoms with Gasteiger partial charge in [-0.05, 0) is 20.3 Å². The maximum Gasteiger partial charge on any atom is 0.191 e. The second-order valence-corrected chi connectivity index (χ2v) is 7.02. The molecule has 3 rings (SSSR count). The van der Waals surface area contributed by atoms with E-state index in [1.165, 1.54) is 0 Å². The molecule has 2 aromatic rings. The number of guanidine groups is 1.